The number of nitrogens with one attached hydrogen (secondary N) is 1. The van der Waals surface area contributed by atoms with Crippen LogP contribution in [0.4, 0.5) is 8.78 Å². The van der Waals surface area contributed by atoms with Gasteiger partial charge in [0.1, 0.15) is 17.7 Å². The summed E-state index contributed by atoms with van der Waals surface area (Å²) in [4.78, 5) is 41.6. The highest BCUT2D eigenvalue weighted by Gasteiger charge is 2.68. The summed E-state index contributed by atoms with van der Waals surface area (Å²) in [5.41, 5.74) is 0.155. The topological polar surface area (TPSA) is 75.7 Å². The van der Waals surface area contributed by atoms with Crippen LogP contribution >= 0.6 is 11.6 Å². The smallest absolute Gasteiger partial charge is 0.323 e. The van der Waals surface area contributed by atoms with Gasteiger partial charge in [0.25, 0.3) is 0 Å². The molecule has 2 heterocycles. The van der Waals surface area contributed by atoms with Gasteiger partial charge in [0, 0.05) is 5.02 Å². The van der Waals surface area contributed by atoms with Crippen LogP contribution in [0.2, 0.25) is 5.02 Å². The molecule has 6 nitrogen and oxygen atoms in total. The van der Waals surface area contributed by atoms with E-state index in [1.54, 1.807) is 24.3 Å². The highest BCUT2D eigenvalue weighted by atomic mass is 35.5. The van der Waals surface area contributed by atoms with Gasteiger partial charge in [0.15, 0.2) is 0 Å². The van der Waals surface area contributed by atoms with Crippen LogP contribution in [0.3, 0.4) is 0 Å². The Morgan fingerprint density at radius 3 is 1.94 bits per heavy atom. The summed E-state index contributed by atoms with van der Waals surface area (Å²) in [5.74, 6) is -4.91. The van der Waals surface area contributed by atoms with Crippen molar-refractivity contribution >= 4 is 29.4 Å². The van der Waals surface area contributed by atoms with Gasteiger partial charge in [-0.3, -0.25) is 24.6 Å². The fraction of sp³-hybridized carbons (Fsp3) is 0.222. The van der Waals surface area contributed by atoms with E-state index in [0.717, 1.165) is 4.90 Å². The number of likely N-dealkylation sites (tertiary alicyclic amines) is 1. The lowest BCUT2D eigenvalue weighted by molar-refractivity contribution is -0.148. The second-order valence-electron chi connectivity index (χ2n) is 8.86. The van der Waals surface area contributed by atoms with E-state index in [2.05, 4.69) is 5.32 Å². The Labute approximate surface area is 210 Å². The number of carbonyl (C=O) groups is 3. The first-order chi connectivity index (χ1) is 17.3. The third-order valence-electron chi connectivity index (χ3n) is 6.96. The number of esters is 1. The minimum atomic E-state index is -1.42. The van der Waals surface area contributed by atoms with Gasteiger partial charge in [0.05, 0.1) is 31.0 Å². The van der Waals surface area contributed by atoms with E-state index >= 15 is 0 Å². The Kier molecular flexibility index (Phi) is 6.10. The average Bonchev–Trinajstić information content (AvgIpc) is 3.36. The van der Waals surface area contributed by atoms with Gasteiger partial charge in [-0.25, -0.2) is 8.78 Å². The van der Waals surface area contributed by atoms with Crippen molar-refractivity contribution in [3.8, 4) is 0 Å². The number of fused-ring (bicyclic) bond motifs is 1. The molecule has 3 aromatic carbocycles. The highest BCUT2D eigenvalue weighted by molar-refractivity contribution is 6.30. The van der Waals surface area contributed by atoms with Gasteiger partial charge in [-0.2, -0.15) is 0 Å². The number of rotatable bonds is 5. The number of methoxy groups -OCH3 is 1. The summed E-state index contributed by atoms with van der Waals surface area (Å²) in [5, 5.41) is 3.69. The number of imide groups is 1. The predicted octanol–water partition coefficient (Wildman–Crippen LogP) is 3.81. The van der Waals surface area contributed by atoms with E-state index in [9.17, 15) is 23.2 Å². The third-order valence-corrected chi connectivity index (χ3v) is 7.21. The maximum atomic E-state index is 14.0. The molecule has 0 unspecified atom stereocenters. The predicted molar refractivity (Wildman–Crippen MR) is 127 cm³/mol. The Hall–Kier alpha value is -3.62. The normalized spacial score (nSPS) is 22.6. The molecule has 2 saturated heterocycles. The van der Waals surface area contributed by atoms with Crippen molar-refractivity contribution in [3.63, 3.8) is 0 Å². The summed E-state index contributed by atoms with van der Waals surface area (Å²) in [7, 11) is 1.20. The molecule has 3 aromatic rings. The minimum absolute atomic E-state index is 0.0152. The molecule has 2 amide bonds. The zero-order chi connectivity index (χ0) is 25.6. The number of hydrogen-bond donors (Lipinski definition) is 1. The minimum Gasteiger partial charge on any atom is -0.468 e. The first-order valence-corrected chi connectivity index (χ1v) is 11.6. The number of amides is 2. The van der Waals surface area contributed by atoms with Crippen LogP contribution in [0, 0.1) is 23.5 Å². The Morgan fingerprint density at radius 1 is 0.917 bits per heavy atom. The number of nitrogens with zero attached hydrogens (tertiary/aromatic N) is 1. The lowest BCUT2D eigenvalue weighted by Gasteiger charge is -2.36. The molecule has 0 bridgehead atoms. The molecule has 2 aliphatic heterocycles. The number of hydrogen-bond acceptors (Lipinski definition) is 5. The Balaban J connectivity index is 1.68. The second-order valence-corrected chi connectivity index (χ2v) is 9.30. The highest BCUT2D eigenvalue weighted by Crippen LogP contribution is 2.52. The second kappa shape index (κ2) is 9.11. The zero-order valence-electron chi connectivity index (χ0n) is 19.1. The molecule has 1 N–H and O–H groups in total. The average molecular weight is 511 g/mol. The summed E-state index contributed by atoms with van der Waals surface area (Å²) in [6.45, 7) is -0.0152. The zero-order valence-corrected chi connectivity index (χ0v) is 19.8. The lowest BCUT2D eigenvalue weighted by Crippen LogP contribution is -2.51. The molecule has 0 saturated carbocycles. The summed E-state index contributed by atoms with van der Waals surface area (Å²) < 4.78 is 32.7. The van der Waals surface area contributed by atoms with Crippen LogP contribution in [-0.4, -0.2) is 35.8 Å². The van der Waals surface area contributed by atoms with Crippen LogP contribution in [0.1, 0.15) is 16.7 Å². The van der Waals surface area contributed by atoms with Crippen LogP contribution in [0.5, 0.6) is 0 Å². The van der Waals surface area contributed by atoms with Crippen LogP contribution in [0.15, 0.2) is 72.8 Å². The maximum absolute atomic E-state index is 14.0. The molecule has 0 aromatic heterocycles. The molecule has 3 atom stereocenters. The molecule has 0 aliphatic carbocycles. The molecule has 0 spiro atoms. The summed E-state index contributed by atoms with van der Waals surface area (Å²) in [6.07, 6.45) is 0. The van der Waals surface area contributed by atoms with Crippen molar-refractivity contribution in [1.82, 2.24) is 10.2 Å². The largest absolute Gasteiger partial charge is 0.468 e. The van der Waals surface area contributed by atoms with Gasteiger partial charge >= 0.3 is 5.97 Å². The fourth-order valence-electron chi connectivity index (χ4n) is 5.35. The maximum Gasteiger partial charge on any atom is 0.323 e. The molecule has 5 rings (SSSR count). The van der Waals surface area contributed by atoms with Gasteiger partial charge in [0.2, 0.25) is 11.8 Å². The molecular weight excluding hydrogens is 490 g/mol. The number of ether oxygens (including phenoxy) is 1. The lowest BCUT2D eigenvalue weighted by atomic mass is 9.71. The van der Waals surface area contributed by atoms with Gasteiger partial charge in [-0.15, -0.1) is 0 Å². The molecule has 36 heavy (non-hydrogen) atoms. The van der Waals surface area contributed by atoms with Gasteiger partial charge in [-0.1, -0.05) is 48.0 Å². The number of halogens is 3. The van der Waals surface area contributed by atoms with E-state index in [4.69, 9.17) is 16.3 Å². The summed E-state index contributed by atoms with van der Waals surface area (Å²) in [6, 6.07) is 16.4. The van der Waals surface area contributed by atoms with E-state index < -0.39 is 52.8 Å². The van der Waals surface area contributed by atoms with Crippen LogP contribution in [-0.2, 0) is 31.2 Å². The monoisotopic (exact) mass is 510 g/mol. The SMILES string of the molecule is COC(=O)[C@H]1NC(c2ccc(F)cc2)(c2ccc(F)cc2)[C@H]2C(=O)N(Cc3ccc(Cl)cc3)C(=O)[C@H]12. The number of carbonyl (C=O) groups excluding carboxylic acids is 3. The van der Waals surface area contributed by atoms with Crippen LogP contribution < -0.4 is 5.32 Å². The standard InChI is InChI=1S/C27H21ClF2N2O4/c1-36-26(35)23-21-22(25(34)32(24(21)33)14-15-2-8-18(28)9-3-15)27(31-23,16-4-10-19(29)11-5-16)17-6-12-20(30)13-7-17/h2-13,21-23,31H,14H2,1H3/t21-,22+,23-/m0/s1. The first kappa shape index (κ1) is 24.1. The van der Waals surface area contributed by atoms with E-state index in [1.807, 2.05) is 0 Å². The third kappa shape index (κ3) is 3.77. The molecule has 2 fully saturated rings. The van der Waals surface area contributed by atoms with Crippen molar-refractivity contribution in [2.24, 2.45) is 11.8 Å². The van der Waals surface area contributed by atoms with E-state index in [-0.39, 0.29) is 6.54 Å². The quantitative estimate of drug-likeness (QED) is 0.417. The van der Waals surface area contributed by atoms with Crippen molar-refractivity contribution in [3.05, 3.63) is 106 Å². The Bertz CT molecular complexity index is 1280. The fourth-order valence-corrected chi connectivity index (χ4v) is 5.47. The van der Waals surface area contributed by atoms with Gasteiger partial charge in [-0.05, 0) is 53.1 Å². The number of benzene rings is 3. The van der Waals surface area contributed by atoms with Crippen LogP contribution in [0.25, 0.3) is 0 Å². The molecule has 184 valence electrons. The van der Waals surface area contributed by atoms with E-state index in [0.29, 0.717) is 21.7 Å². The van der Waals surface area contributed by atoms with Crippen molar-refractivity contribution in [2.45, 2.75) is 18.1 Å². The molecule has 0 radical (unpaired) electrons. The Morgan fingerprint density at radius 2 is 1.44 bits per heavy atom. The van der Waals surface area contributed by atoms with E-state index in [1.165, 1.54) is 55.6 Å². The summed E-state index contributed by atoms with van der Waals surface area (Å²) >= 11 is 5.97. The van der Waals surface area contributed by atoms with Crippen molar-refractivity contribution < 1.29 is 27.9 Å². The molecular formula is C27H21ClF2N2O4. The first-order valence-electron chi connectivity index (χ1n) is 11.2. The van der Waals surface area contributed by atoms with Crippen molar-refractivity contribution in [2.75, 3.05) is 7.11 Å². The van der Waals surface area contributed by atoms with Gasteiger partial charge < -0.3 is 4.74 Å². The van der Waals surface area contributed by atoms with Crippen molar-refractivity contribution in [1.29, 1.82) is 0 Å². The molecule has 9 heteroatoms. The molecule has 2 aliphatic rings.